The summed E-state index contributed by atoms with van der Waals surface area (Å²) in [7, 11) is -0.563. The molecule has 3 rings (SSSR count). The molecule has 0 spiro atoms. The highest BCUT2D eigenvalue weighted by molar-refractivity contribution is 6.58. The van der Waals surface area contributed by atoms with Crippen LogP contribution in [0.3, 0.4) is 0 Å². The van der Waals surface area contributed by atoms with E-state index in [0.717, 1.165) is 50.2 Å². The van der Waals surface area contributed by atoms with E-state index in [1.165, 1.54) is 37.4 Å². The van der Waals surface area contributed by atoms with Crippen molar-refractivity contribution in [2.45, 2.75) is 75.4 Å². The van der Waals surface area contributed by atoms with Gasteiger partial charge >= 0.3 is 6.08 Å². The molecule has 30 heavy (non-hydrogen) atoms. The molecule has 1 aromatic rings. The first-order chi connectivity index (χ1) is 14.4. The van der Waals surface area contributed by atoms with Crippen molar-refractivity contribution in [3.05, 3.63) is 53.6 Å². The van der Waals surface area contributed by atoms with Crippen molar-refractivity contribution in [1.82, 2.24) is 0 Å². The zero-order chi connectivity index (χ0) is 21.7. The van der Waals surface area contributed by atoms with E-state index < -0.39 is 37.9 Å². The van der Waals surface area contributed by atoms with Crippen LogP contribution >= 0.6 is 0 Å². The molecule has 1 aliphatic heterocycles. The fraction of sp³-hybridized carbons (Fsp3) is 0.583. The molecule has 2 fully saturated rings. The van der Waals surface area contributed by atoms with E-state index in [-0.39, 0.29) is 5.92 Å². The number of hydrogen-bond donors (Lipinski definition) is 0. The van der Waals surface area contributed by atoms with Gasteiger partial charge in [0.2, 0.25) is 5.83 Å². The van der Waals surface area contributed by atoms with Crippen LogP contribution in [0.15, 0.2) is 30.9 Å². The molecular formula is C24H31F5Si. The molecule has 1 heterocycles. The van der Waals surface area contributed by atoms with Crippen LogP contribution in [0.4, 0.5) is 22.0 Å². The number of unbranched alkanes of at least 4 members (excludes halogenated alkanes) is 1. The van der Waals surface area contributed by atoms with E-state index in [1.54, 1.807) is 0 Å². The van der Waals surface area contributed by atoms with Crippen LogP contribution in [-0.4, -0.2) is 8.80 Å². The quantitative estimate of drug-likeness (QED) is 0.172. The second-order valence-electron chi connectivity index (χ2n) is 9.05. The minimum Gasteiger partial charge on any atom is -0.206 e. The molecule has 1 aromatic carbocycles. The molecule has 2 aliphatic rings. The molecule has 6 heteroatoms. The number of halogens is 5. The third-order valence-electron chi connectivity index (χ3n) is 7.27. The lowest BCUT2D eigenvalue weighted by molar-refractivity contribution is 0.216. The second-order valence-corrected chi connectivity index (χ2v) is 12.5. The lowest BCUT2D eigenvalue weighted by atomic mass is 9.72. The molecule has 0 aromatic heterocycles. The largest absolute Gasteiger partial charge is 0.306 e. The predicted octanol–water partition coefficient (Wildman–Crippen LogP) is 8.38. The van der Waals surface area contributed by atoms with Gasteiger partial charge in [-0.3, -0.25) is 0 Å². The topological polar surface area (TPSA) is 0 Å². The van der Waals surface area contributed by atoms with Crippen LogP contribution in [0, 0.1) is 23.5 Å². The average molecular weight is 443 g/mol. The van der Waals surface area contributed by atoms with Crippen molar-refractivity contribution < 1.29 is 22.0 Å². The Labute approximate surface area is 177 Å². The second kappa shape index (κ2) is 10.7. The third kappa shape index (κ3) is 5.62. The normalized spacial score (nSPS) is 27.0. The Balaban J connectivity index is 1.54. The molecule has 0 bridgehead atoms. The smallest absolute Gasteiger partial charge is 0.206 e. The van der Waals surface area contributed by atoms with E-state index in [0.29, 0.717) is 11.5 Å². The number of benzene rings is 1. The van der Waals surface area contributed by atoms with Crippen LogP contribution < -0.4 is 0 Å². The van der Waals surface area contributed by atoms with Gasteiger partial charge in [-0.15, -0.1) is 6.58 Å². The van der Waals surface area contributed by atoms with E-state index in [9.17, 15) is 22.0 Å². The molecule has 0 nitrogen and oxygen atoms in total. The van der Waals surface area contributed by atoms with Crippen LogP contribution in [0.25, 0.3) is 5.83 Å². The SMILES string of the molecule is C=CCCC[SiH]1CCC([C@H]2CC[C@H](c3cc(F)c(C(F)=C(F)F)c(F)c3)CC2)CC1. The maximum Gasteiger partial charge on any atom is 0.306 e. The van der Waals surface area contributed by atoms with Crippen molar-refractivity contribution >= 4 is 14.6 Å². The Kier molecular flexibility index (Phi) is 8.32. The van der Waals surface area contributed by atoms with Gasteiger partial charge in [0, 0.05) is 8.80 Å². The Bertz CT molecular complexity index is 732. The Morgan fingerprint density at radius 2 is 1.50 bits per heavy atom. The van der Waals surface area contributed by atoms with E-state index in [4.69, 9.17) is 0 Å². The standard InChI is InChI=1S/C24H31F5Si/c1-2-3-4-11-30-12-9-18(10-13-30)16-5-7-17(8-6-16)19-14-20(25)22(21(26)15-19)23(27)24(28)29/h2,14-18,30H,1,3-13H2/t16-,17-,18?,30?. The van der Waals surface area contributed by atoms with Gasteiger partial charge < -0.3 is 0 Å². The third-order valence-corrected chi connectivity index (χ3v) is 10.8. The summed E-state index contributed by atoms with van der Waals surface area (Å²) in [6.07, 6.45) is 8.15. The van der Waals surface area contributed by atoms with Gasteiger partial charge in [-0.2, -0.15) is 8.78 Å². The van der Waals surface area contributed by atoms with Gasteiger partial charge in [0.1, 0.15) is 11.6 Å². The molecule has 0 radical (unpaired) electrons. The Morgan fingerprint density at radius 3 is 2.03 bits per heavy atom. The van der Waals surface area contributed by atoms with Gasteiger partial charge in [-0.25, -0.2) is 13.2 Å². The maximum absolute atomic E-state index is 14.1. The first-order valence-corrected chi connectivity index (χ1v) is 13.7. The zero-order valence-electron chi connectivity index (χ0n) is 17.4. The average Bonchev–Trinajstić information content (AvgIpc) is 2.74. The Hall–Kier alpha value is -1.43. The molecule has 1 aliphatic carbocycles. The molecule has 166 valence electrons. The molecule has 1 saturated carbocycles. The summed E-state index contributed by atoms with van der Waals surface area (Å²) in [4.78, 5) is 0. The van der Waals surface area contributed by atoms with Crippen LogP contribution in [-0.2, 0) is 0 Å². The number of allylic oxidation sites excluding steroid dienone is 1. The van der Waals surface area contributed by atoms with E-state index >= 15 is 0 Å². The minimum absolute atomic E-state index is 0.00572. The predicted molar refractivity (Wildman–Crippen MR) is 115 cm³/mol. The number of hydrogen-bond acceptors (Lipinski definition) is 0. The summed E-state index contributed by atoms with van der Waals surface area (Å²) in [5.74, 6) is -3.17. The van der Waals surface area contributed by atoms with Gasteiger partial charge in [0.25, 0.3) is 0 Å². The van der Waals surface area contributed by atoms with E-state index in [1.807, 2.05) is 6.08 Å². The molecule has 0 amide bonds. The molecular weight excluding hydrogens is 411 g/mol. The first kappa shape index (κ1) is 23.2. The van der Waals surface area contributed by atoms with Crippen LogP contribution in [0.5, 0.6) is 0 Å². The van der Waals surface area contributed by atoms with Crippen LogP contribution in [0.1, 0.15) is 68.4 Å². The molecule has 0 N–H and O–H groups in total. The van der Waals surface area contributed by atoms with E-state index in [2.05, 4.69) is 6.58 Å². The molecule has 1 saturated heterocycles. The van der Waals surface area contributed by atoms with Crippen molar-refractivity contribution in [2.75, 3.05) is 0 Å². The number of rotatable bonds is 7. The lowest BCUT2D eigenvalue weighted by Gasteiger charge is -2.37. The summed E-state index contributed by atoms with van der Waals surface area (Å²) >= 11 is 0. The maximum atomic E-state index is 14.1. The highest BCUT2D eigenvalue weighted by Gasteiger charge is 2.32. The van der Waals surface area contributed by atoms with Gasteiger partial charge in [0.15, 0.2) is 0 Å². The lowest BCUT2D eigenvalue weighted by Crippen LogP contribution is -2.28. The summed E-state index contributed by atoms with van der Waals surface area (Å²) in [5.41, 5.74) is -0.806. The minimum atomic E-state index is -2.71. The van der Waals surface area contributed by atoms with Crippen molar-refractivity contribution in [3.63, 3.8) is 0 Å². The van der Waals surface area contributed by atoms with Crippen molar-refractivity contribution in [2.24, 2.45) is 11.8 Å². The first-order valence-electron chi connectivity index (χ1n) is 11.2. The van der Waals surface area contributed by atoms with Crippen molar-refractivity contribution in [1.29, 1.82) is 0 Å². The fourth-order valence-electron chi connectivity index (χ4n) is 5.56. The highest BCUT2D eigenvalue weighted by Crippen LogP contribution is 2.44. The fourth-order valence-corrected chi connectivity index (χ4v) is 9.03. The van der Waals surface area contributed by atoms with Gasteiger partial charge in [-0.05, 0) is 67.6 Å². The molecule has 0 atom stereocenters. The summed E-state index contributed by atoms with van der Waals surface area (Å²) in [5, 5.41) is 0. The van der Waals surface area contributed by atoms with Crippen molar-refractivity contribution in [3.8, 4) is 0 Å². The summed E-state index contributed by atoms with van der Waals surface area (Å²) in [6.45, 7) is 3.80. The monoisotopic (exact) mass is 442 g/mol. The van der Waals surface area contributed by atoms with Gasteiger partial charge in [0.05, 0.1) is 5.56 Å². The highest BCUT2D eigenvalue weighted by atomic mass is 28.3. The van der Waals surface area contributed by atoms with Gasteiger partial charge in [-0.1, -0.05) is 43.5 Å². The summed E-state index contributed by atoms with van der Waals surface area (Å²) < 4.78 is 66.5. The zero-order valence-corrected chi connectivity index (χ0v) is 18.6. The van der Waals surface area contributed by atoms with Crippen LogP contribution in [0.2, 0.25) is 18.1 Å². The molecule has 0 unspecified atom stereocenters. The Morgan fingerprint density at radius 1 is 0.933 bits per heavy atom. The summed E-state index contributed by atoms with van der Waals surface area (Å²) in [6, 6.07) is 6.37.